The van der Waals surface area contributed by atoms with Crippen LogP contribution in [0.4, 0.5) is 0 Å². The van der Waals surface area contributed by atoms with E-state index in [1.807, 2.05) is 35.8 Å². The van der Waals surface area contributed by atoms with E-state index in [9.17, 15) is 4.79 Å². The Morgan fingerprint density at radius 2 is 2.13 bits per heavy atom. The van der Waals surface area contributed by atoms with Gasteiger partial charge in [0.05, 0.1) is 9.35 Å². The summed E-state index contributed by atoms with van der Waals surface area (Å²) in [6, 6.07) is 12.1. The summed E-state index contributed by atoms with van der Waals surface area (Å²) < 4.78 is 3.07. The Hall–Kier alpha value is -1.92. The summed E-state index contributed by atoms with van der Waals surface area (Å²) in [5, 5.41) is 4.78. The summed E-state index contributed by atoms with van der Waals surface area (Å²) in [7, 11) is 0. The van der Waals surface area contributed by atoms with E-state index >= 15 is 0 Å². The van der Waals surface area contributed by atoms with Gasteiger partial charge in [0.1, 0.15) is 5.82 Å². The van der Waals surface area contributed by atoms with Crippen LogP contribution in [0.5, 0.6) is 0 Å². The molecule has 0 bridgehead atoms. The molecule has 2 aromatic heterocycles. The molecule has 23 heavy (non-hydrogen) atoms. The Balaban J connectivity index is 1.55. The topological polar surface area (TPSA) is 46.9 Å². The van der Waals surface area contributed by atoms with Gasteiger partial charge in [0, 0.05) is 37.3 Å². The molecule has 0 saturated heterocycles. The number of rotatable bonds is 6. The van der Waals surface area contributed by atoms with E-state index < -0.39 is 0 Å². The van der Waals surface area contributed by atoms with E-state index in [0.717, 1.165) is 16.2 Å². The van der Waals surface area contributed by atoms with E-state index in [4.69, 9.17) is 0 Å². The van der Waals surface area contributed by atoms with Gasteiger partial charge < -0.3 is 9.88 Å². The maximum Gasteiger partial charge on any atom is 0.252 e. The summed E-state index contributed by atoms with van der Waals surface area (Å²) in [6.45, 7) is 1.36. The molecule has 0 unspecified atom stereocenters. The van der Waals surface area contributed by atoms with Gasteiger partial charge in [0.2, 0.25) is 0 Å². The normalized spacial score (nSPS) is 10.7. The monoisotopic (exact) mass is 389 g/mol. The highest BCUT2D eigenvalue weighted by Gasteiger charge is 2.08. The number of benzene rings is 1. The van der Waals surface area contributed by atoms with Crippen molar-refractivity contribution in [3.63, 3.8) is 0 Å². The van der Waals surface area contributed by atoms with Crippen LogP contribution in [-0.4, -0.2) is 22.0 Å². The van der Waals surface area contributed by atoms with E-state index in [1.165, 1.54) is 16.9 Å². The Labute approximate surface area is 147 Å². The predicted octanol–water partition coefficient (Wildman–Crippen LogP) is 3.73. The lowest BCUT2D eigenvalue weighted by Crippen LogP contribution is -2.26. The molecule has 2 heterocycles. The summed E-state index contributed by atoms with van der Waals surface area (Å²) in [4.78, 5) is 16.4. The zero-order valence-electron chi connectivity index (χ0n) is 12.4. The van der Waals surface area contributed by atoms with Gasteiger partial charge in [-0.05, 0) is 27.6 Å². The predicted molar refractivity (Wildman–Crippen MR) is 95.8 cm³/mol. The Morgan fingerprint density at radius 3 is 2.87 bits per heavy atom. The number of carbonyl (C=O) groups is 1. The molecular weight excluding hydrogens is 374 g/mol. The molecule has 3 aromatic rings. The largest absolute Gasteiger partial charge is 0.352 e. The average molecular weight is 390 g/mol. The van der Waals surface area contributed by atoms with Crippen molar-refractivity contribution in [1.82, 2.24) is 14.9 Å². The first-order chi connectivity index (χ1) is 11.2. The lowest BCUT2D eigenvalue weighted by atomic mass is 10.2. The molecule has 0 atom stereocenters. The van der Waals surface area contributed by atoms with Crippen LogP contribution in [0.2, 0.25) is 0 Å². The van der Waals surface area contributed by atoms with Crippen molar-refractivity contribution in [3.05, 3.63) is 74.9 Å². The molecule has 1 amide bonds. The van der Waals surface area contributed by atoms with Crippen LogP contribution >= 0.6 is 27.3 Å². The number of nitrogens with one attached hydrogen (secondary N) is 1. The lowest BCUT2D eigenvalue weighted by molar-refractivity contribution is 0.0954. The zero-order chi connectivity index (χ0) is 16.1. The molecule has 0 aliphatic rings. The molecule has 0 radical (unpaired) electrons. The highest BCUT2D eigenvalue weighted by atomic mass is 79.9. The van der Waals surface area contributed by atoms with Gasteiger partial charge >= 0.3 is 0 Å². The summed E-state index contributed by atoms with van der Waals surface area (Å²) >= 11 is 4.87. The summed E-state index contributed by atoms with van der Waals surface area (Å²) in [5.41, 5.74) is 1.92. The number of halogens is 1. The Kier molecular flexibility index (Phi) is 5.25. The average Bonchev–Trinajstić information content (AvgIpc) is 3.18. The van der Waals surface area contributed by atoms with Gasteiger partial charge in [-0.25, -0.2) is 4.98 Å². The van der Waals surface area contributed by atoms with Crippen molar-refractivity contribution < 1.29 is 4.79 Å². The van der Waals surface area contributed by atoms with Crippen LogP contribution in [0, 0.1) is 0 Å². The molecule has 0 fully saturated rings. The van der Waals surface area contributed by atoms with Gasteiger partial charge in [-0.1, -0.05) is 30.3 Å². The fraction of sp³-hybridized carbons (Fsp3) is 0.176. The number of nitrogens with zero attached hydrogens (tertiary/aromatic N) is 2. The quantitative estimate of drug-likeness (QED) is 0.697. The number of carbonyl (C=O) groups excluding carboxylic acids is 1. The third-order valence-corrected chi connectivity index (χ3v) is 4.97. The maximum absolute atomic E-state index is 12.0. The molecule has 1 N–H and O–H groups in total. The summed E-state index contributed by atoms with van der Waals surface area (Å²) in [5.74, 6) is 0.925. The molecule has 0 aliphatic heterocycles. The summed E-state index contributed by atoms with van der Waals surface area (Å²) in [6.07, 6.45) is 4.48. The SMILES string of the molecule is O=C(NCCc1nccn1Cc1ccccc1)c1csc(Br)c1. The van der Waals surface area contributed by atoms with Crippen molar-refractivity contribution >= 4 is 33.2 Å². The van der Waals surface area contributed by atoms with Crippen molar-refractivity contribution in [2.75, 3.05) is 6.54 Å². The van der Waals surface area contributed by atoms with E-state index in [2.05, 4.69) is 42.9 Å². The number of hydrogen-bond acceptors (Lipinski definition) is 3. The van der Waals surface area contributed by atoms with Crippen molar-refractivity contribution in [2.24, 2.45) is 0 Å². The third kappa shape index (κ3) is 4.30. The fourth-order valence-corrected chi connectivity index (χ4v) is 3.45. The molecule has 4 nitrogen and oxygen atoms in total. The van der Waals surface area contributed by atoms with Gasteiger partial charge in [-0.15, -0.1) is 11.3 Å². The molecule has 6 heteroatoms. The standard InChI is InChI=1S/C17H16BrN3OS/c18-15-10-14(12-23-15)17(22)20-7-6-16-19-8-9-21(16)11-13-4-2-1-3-5-13/h1-5,8-10,12H,6-7,11H2,(H,20,22). The van der Waals surface area contributed by atoms with E-state index in [-0.39, 0.29) is 5.91 Å². The van der Waals surface area contributed by atoms with Crippen molar-refractivity contribution in [2.45, 2.75) is 13.0 Å². The maximum atomic E-state index is 12.0. The Bertz CT molecular complexity index is 782. The second-order valence-electron chi connectivity index (χ2n) is 5.10. The third-order valence-electron chi connectivity index (χ3n) is 3.46. The van der Waals surface area contributed by atoms with Crippen LogP contribution in [0.3, 0.4) is 0 Å². The lowest BCUT2D eigenvalue weighted by Gasteiger charge is -2.08. The zero-order valence-corrected chi connectivity index (χ0v) is 14.8. The highest BCUT2D eigenvalue weighted by molar-refractivity contribution is 9.11. The number of hydrogen-bond donors (Lipinski definition) is 1. The van der Waals surface area contributed by atoms with Crippen molar-refractivity contribution in [1.29, 1.82) is 0 Å². The number of aromatic nitrogens is 2. The molecule has 1 aromatic carbocycles. The molecular formula is C17H16BrN3OS. The minimum Gasteiger partial charge on any atom is -0.352 e. The molecule has 0 saturated carbocycles. The minimum atomic E-state index is -0.0480. The number of amides is 1. The molecule has 3 rings (SSSR count). The Morgan fingerprint density at radius 1 is 1.30 bits per heavy atom. The first-order valence-corrected chi connectivity index (χ1v) is 8.96. The van der Waals surface area contributed by atoms with Crippen LogP contribution in [0.25, 0.3) is 0 Å². The van der Waals surface area contributed by atoms with E-state index in [0.29, 0.717) is 18.5 Å². The smallest absolute Gasteiger partial charge is 0.252 e. The molecule has 118 valence electrons. The van der Waals surface area contributed by atoms with Crippen LogP contribution in [0.15, 0.2) is 58.0 Å². The first kappa shape index (κ1) is 16.0. The van der Waals surface area contributed by atoms with Gasteiger partial charge in [0.25, 0.3) is 5.91 Å². The number of thiophene rings is 1. The second kappa shape index (κ2) is 7.57. The minimum absolute atomic E-state index is 0.0480. The van der Waals surface area contributed by atoms with E-state index in [1.54, 1.807) is 6.20 Å². The fourth-order valence-electron chi connectivity index (χ4n) is 2.31. The molecule has 0 aliphatic carbocycles. The molecule has 0 spiro atoms. The van der Waals surface area contributed by atoms with Gasteiger partial charge in [0.15, 0.2) is 0 Å². The van der Waals surface area contributed by atoms with Crippen LogP contribution < -0.4 is 5.32 Å². The highest BCUT2D eigenvalue weighted by Crippen LogP contribution is 2.20. The number of imidazole rings is 1. The van der Waals surface area contributed by atoms with Gasteiger partial charge in [-0.2, -0.15) is 0 Å². The van der Waals surface area contributed by atoms with Crippen LogP contribution in [-0.2, 0) is 13.0 Å². The van der Waals surface area contributed by atoms with Crippen LogP contribution in [0.1, 0.15) is 21.7 Å². The van der Waals surface area contributed by atoms with Gasteiger partial charge in [-0.3, -0.25) is 4.79 Å². The second-order valence-corrected chi connectivity index (χ2v) is 7.39. The van der Waals surface area contributed by atoms with Crippen molar-refractivity contribution in [3.8, 4) is 0 Å². The first-order valence-electron chi connectivity index (χ1n) is 7.28.